The van der Waals surface area contributed by atoms with Crippen LogP contribution in [0, 0.1) is 0 Å². The van der Waals surface area contributed by atoms with Crippen LogP contribution >= 0.6 is 0 Å². The van der Waals surface area contributed by atoms with Crippen LogP contribution in [0.2, 0.25) is 0 Å². The fourth-order valence-corrected chi connectivity index (χ4v) is 2.38. The van der Waals surface area contributed by atoms with Gasteiger partial charge in [0.15, 0.2) is 0 Å². The van der Waals surface area contributed by atoms with E-state index in [1.807, 2.05) is 0 Å². The van der Waals surface area contributed by atoms with Gasteiger partial charge in [0.05, 0.1) is 0 Å². The van der Waals surface area contributed by atoms with Crippen molar-refractivity contribution in [2.45, 2.75) is 32.7 Å². The summed E-state index contributed by atoms with van der Waals surface area (Å²) < 4.78 is 0. The van der Waals surface area contributed by atoms with Gasteiger partial charge in [-0.25, -0.2) is 0 Å². The Labute approximate surface area is 110 Å². The first-order valence-electron chi connectivity index (χ1n) is 6.72. The Morgan fingerprint density at radius 2 is 1.28 bits per heavy atom. The summed E-state index contributed by atoms with van der Waals surface area (Å²) in [5.41, 5.74) is 2.54. The molecule has 0 bridgehead atoms. The van der Waals surface area contributed by atoms with Gasteiger partial charge in [-0.2, -0.15) is 0 Å². The molecule has 0 aliphatic heterocycles. The molecular formula is C17H21N. The summed E-state index contributed by atoms with van der Waals surface area (Å²) in [6, 6.07) is 21.8. The molecule has 0 fully saturated rings. The average Bonchev–Trinajstić information content (AvgIpc) is 2.42. The van der Waals surface area contributed by atoms with Crippen LogP contribution in [0.3, 0.4) is 0 Å². The van der Waals surface area contributed by atoms with Gasteiger partial charge in [0, 0.05) is 17.4 Å². The van der Waals surface area contributed by atoms with E-state index in [1.165, 1.54) is 24.2 Å². The van der Waals surface area contributed by atoms with Crippen LogP contribution in [0.1, 0.15) is 26.7 Å². The molecule has 1 nitrogen and oxygen atoms in total. The summed E-state index contributed by atoms with van der Waals surface area (Å²) in [4.78, 5) is 2.42. The lowest BCUT2D eigenvalue weighted by atomic mass is 10.1. The van der Waals surface area contributed by atoms with Crippen molar-refractivity contribution in [2.75, 3.05) is 4.90 Å². The highest BCUT2D eigenvalue weighted by molar-refractivity contribution is 5.63. The van der Waals surface area contributed by atoms with Gasteiger partial charge >= 0.3 is 0 Å². The second-order valence-corrected chi connectivity index (χ2v) is 4.68. The van der Waals surface area contributed by atoms with Crippen molar-refractivity contribution in [1.29, 1.82) is 0 Å². The number of hydrogen-bond donors (Lipinski definition) is 0. The highest BCUT2D eigenvalue weighted by Gasteiger charge is 2.15. The van der Waals surface area contributed by atoms with Crippen molar-refractivity contribution in [1.82, 2.24) is 0 Å². The van der Waals surface area contributed by atoms with Crippen LogP contribution in [0.5, 0.6) is 0 Å². The molecule has 0 amide bonds. The Morgan fingerprint density at radius 3 is 1.67 bits per heavy atom. The van der Waals surface area contributed by atoms with Gasteiger partial charge in [0.25, 0.3) is 0 Å². The second-order valence-electron chi connectivity index (χ2n) is 4.68. The number of rotatable bonds is 5. The molecule has 94 valence electrons. The lowest BCUT2D eigenvalue weighted by molar-refractivity contribution is 0.634. The van der Waals surface area contributed by atoms with Crippen molar-refractivity contribution in [3.63, 3.8) is 0 Å². The maximum Gasteiger partial charge on any atom is 0.0413 e. The van der Waals surface area contributed by atoms with E-state index in [1.54, 1.807) is 0 Å². The summed E-state index contributed by atoms with van der Waals surface area (Å²) in [5.74, 6) is 0. The molecule has 0 aromatic heterocycles. The summed E-state index contributed by atoms with van der Waals surface area (Å²) >= 11 is 0. The van der Waals surface area contributed by atoms with E-state index in [0.717, 1.165) is 0 Å². The van der Waals surface area contributed by atoms with Gasteiger partial charge in [-0.05, 0) is 37.6 Å². The molecule has 0 heterocycles. The zero-order chi connectivity index (χ0) is 12.8. The third kappa shape index (κ3) is 2.92. The highest BCUT2D eigenvalue weighted by Crippen LogP contribution is 2.28. The SMILES string of the molecule is CCCC(C)N(c1ccccc1)c1ccccc1. The number of benzene rings is 2. The summed E-state index contributed by atoms with van der Waals surface area (Å²) in [7, 11) is 0. The Hall–Kier alpha value is -1.76. The minimum absolute atomic E-state index is 0.514. The monoisotopic (exact) mass is 239 g/mol. The maximum absolute atomic E-state index is 2.42. The third-order valence-corrected chi connectivity index (χ3v) is 3.22. The number of para-hydroxylation sites is 2. The van der Waals surface area contributed by atoms with Crippen molar-refractivity contribution in [3.05, 3.63) is 60.7 Å². The largest absolute Gasteiger partial charge is 0.339 e. The standard InChI is InChI=1S/C17H21N/c1-3-10-15(2)18(16-11-6-4-7-12-16)17-13-8-5-9-14-17/h4-9,11-15H,3,10H2,1-2H3. The van der Waals surface area contributed by atoms with Crippen molar-refractivity contribution >= 4 is 11.4 Å². The highest BCUT2D eigenvalue weighted by atomic mass is 15.2. The lowest BCUT2D eigenvalue weighted by Gasteiger charge is -2.31. The molecule has 0 N–H and O–H groups in total. The fourth-order valence-electron chi connectivity index (χ4n) is 2.38. The first-order valence-corrected chi connectivity index (χ1v) is 6.72. The molecule has 0 spiro atoms. The van der Waals surface area contributed by atoms with E-state index in [2.05, 4.69) is 79.4 Å². The van der Waals surface area contributed by atoms with Crippen LogP contribution in [0.4, 0.5) is 11.4 Å². The first-order chi connectivity index (χ1) is 8.83. The zero-order valence-corrected chi connectivity index (χ0v) is 11.2. The van der Waals surface area contributed by atoms with Gasteiger partial charge in [0.1, 0.15) is 0 Å². The molecule has 0 aliphatic rings. The Kier molecular flexibility index (Phi) is 4.40. The summed E-state index contributed by atoms with van der Waals surface area (Å²) in [5, 5.41) is 0. The first kappa shape index (κ1) is 12.7. The van der Waals surface area contributed by atoms with Crippen LogP contribution in [0.15, 0.2) is 60.7 Å². The molecular weight excluding hydrogens is 218 g/mol. The van der Waals surface area contributed by atoms with Crippen LogP contribution in [-0.2, 0) is 0 Å². The Balaban J connectivity index is 2.35. The molecule has 0 radical (unpaired) electrons. The molecule has 1 atom stereocenters. The van der Waals surface area contributed by atoms with Crippen molar-refractivity contribution < 1.29 is 0 Å². The zero-order valence-electron chi connectivity index (χ0n) is 11.2. The van der Waals surface area contributed by atoms with Crippen LogP contribution < -0.4 is 4.90 Å². The van der Waals surface area contributed by atoms with E-state index in [9.17, 15) is 0 Å². The molecule has 2 rings (SSSR count). The molecule has 0 aliphatic carbocycles. The molecule has 0 saturated heterocycles. The summed E-state index contributed by atoms with van der Waals surface area (Å²) in [6.45, 7) is 4.54. The minimum Gasteiger partial charge on any atom is -0.339 e. The predicted molar refractivity (Wildman–Crippen MR) is 79.4 cm³/mol. The van der Waals surface area contributed by atoms with Gasteiger partial charge in [-0.15, -0.1) is 0 Å². The smallest absolute Gasteiger partial charge is 0.0413 e. The van der Waals surface area contributed by atoms with Gasteiger partial charge < -0.3 is 4.90 Å². The van der Waals surface area contributed by atoms with E-state index in [4.69, 9.17) is 0 Å². The van der Waals surface area contributed by atoms with Gasteiger partial charge in [0.2, 0.25) is 0 Å². The molecule has 1 heteroatoms. The van der Waals surface area contributed by atoms with Crippen LogP contribution in [0.25, 0.3) is 0 Å². The van der Waals surface area contributed by atoms with Gasteiger partial charge in [-0.3, -0.25) is 0 Å². The second kappa shape index (κ2) is 6.25. The molecule has 1 unspecified atom stereocenters. The topological polar surface area (TPSA) is 3.24 Å². The number of anilines is 2. The maximum atomic E-state index is 2.42. The molecule has 0 saturated carbocycles. The van der Waals surface area contributed by atoms with E-state index in [-0.39, 0.29) is 0 Å². The normalized spacial score (nSPS) is 12.1. The number of hydrogen-bond acceptors (Lipinski definition) is 1. The third-order valence-electron chi connectivity index (χ3n) is 3.22. The summed E-state index contributed by atoms with van der Waals surface area (Å²) in [6.07, 6.45) is 2.40. The molecule has 2 aromatic carbocycles. The average molecular weight is 239 g/mol. The Morgan fingerprint density at radius 1 is 0.833 bits per heavy atom. The Bertz CT molecular complexity index is 410. The lowest BCUT2D eigenvalue weighted by Crippen LogP contribution is -2.28. The molecule has 18 heavy (non-hydrogen) atoms. The molecule has 2 aromatic rings. The number of nitrogens with zero attached hydrogens (tertiary/aromatic N) is 1. The van der Waals surface area contributed by atoms with Crippen molar-refractivity contribution in [2.24, 2.45) is 0 Å². The quantitative estimate of drug-likeness (QED) is 0.708. The van der Waals surface area contributed by atoms with Gasteiger partial charge in [-0.1, -0.05) is 49.7 Å². The van der Waals surface area contributed by atoms with Crippen molar-refractivity contribution in [3.8, 4) is 0 Å². The van der Waals surface area contributed by atoms with E-state index >= 15 is 0 Å². The van der Waals surface area contributed by atoms with E-state index in [0.29, 0.717) is 6.04 Å². The van der Waals surface area contributed by atoms with E-state index < -0.39 is 0 Å². The van der Waals surface area contributed by atoms with Crippen LogP contribution in [-0.4, -0.2) is 6.04 Å². The minimum atomic E-state index is 0.514. The predicted octanol–water partition coefficient (Wildman–Crippen LogP) is 5.01. The fraction of sp³-hybridized carbons (Fsp3) is 0.294.